The predicted octanol–water partition coefficient (Wildman–Crippen LogP) is 3.12. The van der Waals surface area contributed by atoms with Crippen LogP contribution < -0.4 is 0 Å². The Balaban J connectivity index is 2.44. The molecule has 0 saturated heterocycles. The third-order valence-corrected chi connectivity index (χ3v) is 3.76. The molecule has 2 aromatic rings. The van der Waals surface area contributed by atoms with Crippen molar-refractivity contribution < 1.29 is 0 Å². The zero-order valence-corrected chi connectivity index (χ0v) is 10.6. The number of benzene rings is 2. The fourth-order valence-electron chi connectivity index (χ4n) is 1.69. The molecule has 1 heteroatoms. The van der Waals surface area contributed by atoms with E-state index in [4.69, 9.17) is 0 Å². The minimum atomic E-state index is 0.0233. The summed E-state index contributed by atoms with van der Waals surface area (Å²) < 4.78 is 0.0233. The fourth-order valence-corrected chi connectivity index (χ4v) is 2.32. The Labute approximate surface area is 99.8 Å². The van der Waals surface area contributed by atoms with E-state index in [1.165, 1.54) is 11.1 Å². The Kier molecular flexibility index (Phi) is 2.97. The molecule has 0 N–H and O–H groups in total. The Morgan fingerprint density at radius 1 is 0.733 bits per heavy atom. The van der Waals surface area contributed by atoms with Crippen molar-refractivity contribution in [3.05, 3.63) is 71.8 Å². The Morgan fingerprint density at radius 3 is 1.40 bits per heavy atom. The first-order valence-electron chi connectivity index (χ1n) is 5.04. The summed E-state index contributed by atoms with van der Waals surface area (Å²) in [6, 6.07) is 21.1. The monoisotopic (exact) mass is 256 g/mol. The van der Waals surface area contributed by atoms with E-state index in [0.717, 1.165) is 0 Å². The van der Waals surface area contributed by atoms with Gasteiger partial charge in [0.2, 0.25) is 0 Å². The first kappa shape index (κ1) is 10.5. The molecule has 0 fully saturated rings. The molecule has 0 spiro atoms. The van der Waals surface area contributed by atoms with Gasteiger partial charge in [0.1, 0.15) is 0 Å². The molecule has 0 nitrogen and oxygen atoms in total. The van der Waals surface area contributed by atoms with Gasteiger partial charge in [-0.25, -0.2) is 0 Å². The maximum absolute atomic E-state index is 2.77. The van der Waals surface area contributed by atoms with Crippen LogP contribution in [0.5, 0.6) is 0 Å². The Morgan fingerprint density at radius 2 is 1.07 bits per heavy atom. The standard InChI is InChI=1S/C14H13As/c1-14(15,12-8-4-2-5-9-12)13-10-6-3-7-11-13/h2-11H,1H3. The molecule has 2 rings (SSSR count). The van der Waals surface area contributed by atoms with Gasteiger partial charge in [-0.3, -0.25) is 0 Å². The van der Waals surface area contributed by atoms with Gasteiger partial charge in [-0.05, 0) is 0 Å². The second-order valence-electron chi connectivity index (χ2n) is 3.80. The summed E-state index contributed by atoms with van der Waals surface area (Å²) in [5, 5.41) is 0. The van der Waals surface area contributed by atoms with Crippen molar-refractivity contribution >= 4 is 16.9 Å². The van der Waals surface area contributed by atoms with Gasteiger partial charge >= 0.3 is 99.8 Å². The minimum absolute atomic E-state index is 0.0233. The van der Waals surface area contributed by atoms with Gasteiger partial charge in [0.25, 0.3) is 0 Å². The molecule has 2 aromatic carbocycles. The van der Waals surface area contributed by atoms with Gasteiger partial charge in [-0.15, -0.1) is 0 Å². The van der Waals surface area contributed by atoms with Crippen LogP contribution in [0, 0.1) is 0 Å². The van der Waals surface area contributed by atoms with Crippen LogP contribution in [0.3, 0.4) is 0 Å². The first-order valence-corrected chi connectivity index (χ1v) is 5.98. The summed E-state index contributed by atoms with van der Waals surface area (Å²) in [4.78, 5) is 0. The number of rotatable bonds is 2. The SMILES string of the molecule is CC([As])(c1ccccc1)c1ccccc1. The van der Waals surface area contributed by atoms with Crippen molar-refractivity contribution in [2.45, 2.75) is 11.1 Å². The molecule has 0 saturated carbocycles. The Hall–Kier alpha value is -1.00. The summed E-state index contributed by atoms with van der Waals surface area (Å²) in [5.41, 5.74) is 2.66. The van der Waals surface area contributed by atoms with E-state index in [-0.39, 0.29) is 4.20 Å². The van der Waals surface area contributed by atoms with Gasteiger partial charge in [0.05, 0.1) is 0 Å². The van der Waals surface area contributed by atoms with E-state index in [2.05, 4.69) is 84.4 Å². The molecule has 0 unspecified atom stereocenters. The van der Waals surface area contributed by atoms with Gasteiger partial charge in [-0.1, -0.05) is 0 Å². The molecule has 15 heavy (non-hydrogen) atoms. The van der Waals surface area contributed by atoms with Gasteiger partial charge in [0.15, 0.2) is 0 Å². The van der Waals surface area contributed by atoms with E-state index >= 15 is 0 Å². The number of hydrogen-bond donors (Lipinski definition) is 0. The summed E-state index contributed by atoms with van der Waals surface area (Å²) in [5.74, 6) is 0. The molecule has 0 heterocycles. The van der Waals surface area contributed by atoms with Crippen LogP contribution in [0.4, 0.5) is 0 Å². The van der Waals surface area contributed by atoms with Crippen molar-refractivity contribution in [3.63, 3.8) is 0 Å². The molecule has 2 radical (unpaired) electrons. The zero-order valence-electron chi connectivity index (χ0n) is 8.72. The van der Waals surface area contributed by atoms with Crippen LogP contribution in [-0.2, 0) is 4.20 Å². The van der Waals surface area contributed by atoms with Crippen LogP contribution in [0.15, 0.2) is 60.7 Å². The molecular formula is C14H13As. The van der Waals surface area contributed by atoms with Crippen molar-refractivity contribution in [2.24, 2.45) is 0 Å². The normalized spacial score (nSPS) is 11.3. The third kappa shape index (κ3) is 2.16. The summed E-state index contributed by atoms with van der Waals surface area (Å²) >= 11 is 2.77. The molecule has 0 aliphatic rings. The average Bonchev–Trinajstić information content (AvgIpc) is 2.31. The van der Waals surface area contributed by atoms with E-state index in [9.17, 15) is 0 Å². The van der Waals surface area contributed by atoms with Crippen LogP contribution in [0.1, 0.15) is 18.1 Å². The maximum atomic E-state index is 2.77. The van der Waals surface area contributed by atoms with E-state index in [0.29, 0.717) is 0 Å². The van der Waals surface area contributed by atoms with Gasteiger partial charge < -0.3 is 0 Å². The van der Waals surface area contributed by atoms with Crippen molar-refractivity contribution in [1.29, 1.82) is 0 Å². The van der Waals surface area contributed by atoms with Crippen molar-refractivity contribution in [1.82, 2.24) is 0 Å². The van der Waals surface area contributed by atoms with Crippen LogP contribution in [0.2, 0.25) is 0 Å². The second kappa shape index (κ2) is 4.24. The molecule has 0 atom stereocenters. The Bertz CT molecular complexity index is 376. The van der Waals surface area contributed by atoms with E-state index < -0.39 is 0 Å². The summed E-state index contributed by atoms with van der Waals surface area (Å²) in [6.45, 7) is 2.23. The fraction of sp³-hybridized carbons (Fsp3) is 0.143. The molecule has 0 amide bonds. The predicted molar refractivity (Wildman–Crippen MR) is 65.1 cm³/mol. The summed E-state index contributed by atoms with van der Waals surface area (Å²) in [6.07, 6.45) is 0. The van der Waals surface area contributed by atoms with Gasteiger partial charge in [0, 0.05) is 0 Å². The van der Waals surface area contributed by atoms with E-state index in [1.54, 1.807) is 0 Å². The van der Waals surface area contributed by atoms with Crippen molar-refractivity contribution in [2.75, 3.05) is 0 Å². The van der Waals surface area contributed by atoms with E-state index in [1.807, 2.05) is 0 Å². The number of hydrogen-bond acceptors (Lipinski definition) is 0. The van der Waals surface area contributed by atoms with Crippen LogP contribution in [0.25, 0.3) is 0 Å². The molecular weight excluding hydrogens is 243 g/mol. The summed E-state index contributed by atoms with van der Waals surface area (Å²) in [7, 11) is 0. The zero-order chi connectivity index (χ0) is 10.7. The first-order chi connectivity index (χ1) is 7.21. The molecule has 74 valence electrons. The molecule has 0 aromatic heterocycles. The average molecular weight is 256 g/mol. The molecule has 0 aliphatic heterocycles. The molecule has 0 aliphatic carbocycles. The van der Waals surface area contributed by atoms with Crippen LogP contribution >= 0.6 is 0 Å². The van der Waals surface area contributed by atoms with Crippen molar-refractivity contribution in [3.8, 4) is 0 Å². The quantitative estimate of drug-likeness (QED) is 0.724. The third-order valence-electron chi connectivity index (χ3n) is 2.67. The second-order valence-corrected chi connectivity index (χ2v) is 5.68. The molecule has 0 bridgehead atoms. The van der Waals surface area contributed by atoms with Gasteiger partial charge in [-0.2, -0.15) is 0 Å². The topological polar surface area (TPSA) is 0 Å². The van der Waals surface area contributed by atoms with Crippen LogP contribution in [-0.4, -0.2) is 16.9 Å².